The molecule has 0 radical (unpaired) electrons. The van der Waals surface area contributed by atoms with Gasteiger partial charge in [-0.1, -0.05) is 13.8 Å². The maximum atomic E-state index is 12.0. The van der Waals surface area contributed by atoms with E-state index in [0.717, 1.165) is 11.4 Å². The smallest absolute Gasteiger partial charge is 0.253 e. The first-order valence-electron chi connectivity index (χ1n) is 5.60. The number of benzene rings is 1. The number of hydrogen-bond donors (Lipinski definition) is 0. The Kier molecular flexibility index (Phi) is 4.87. The van der Waals surface area contributed by atoms with Crippen LogP contribution in [0.2, 0.25) is 0 Å². The molecule has 17 heavy (non-hydrogen) atoms. The highest BCUT2D eigenvalue weighted by atomic mass is 32.2. The molecule has 94 valence electrons. The zero-order chi connectivity index (χ0) is 13.0. The lowest BCUT2D eigenvalue weighted by atomic mass is 10.1. The van der Waals surface area contributed by atoms with Crippen molar-refractivity contribution in [1.82, 2.24) is 4.90 Å². The molecular weight excluding hydrogens is 234 g/mol. The molecular formula is C13H19NO2S. The van der Waals surface area contributed by atoms with Crippen LogP contribution in [0.4, 0.5) is 0 Å². The molecule has 0 bridgehead atoms. The lowest BCUT2D eigenvalue weighted by molar-refractivity contribution is 0.0779. The average Bonchev–Trinajstić information content (AvgIpc) is 2.27. The fourth-order valence-corrected chi connectivity index (χ4v) is 2.16. The van der Waals surface area contributed by atoms with Gasteiger partial charge in [0.2, 0.25) is 0 Å². The molecule has 1 aromatic rings. The molecule has 1 amide bonds. The Morgan fingerprint density at radius 2 is 1.82 bits per heavy atom. The van der Waals surface area contributed by atoms with Gasteiger partial charge >= 0.3 is 0 Å². The van der Waals surface area contributed by atoms with Gasteiger partial charge < -0.3 is 4.90 Å². The van der Waals surface area contributed by atoms with Crippen LogP contribution in [-0.2, 0) is 10.8 Å². The van der Waals surface area contributed by atoms with E-state index in [1.54, 1.807) is 42.5 Å². The van der Waals surface area contributed by atoms with Gasteiger partial charge in [0, 0.05) is 41.1 Å². The van der Waals surface area contributed by atoms with E-state index in [2.05, 4.69) is 13.8 Å². The summed E-state index contributed by atoms with van der Waals surface area (Å²) in [5.74, 6) is 0.457. The fourth-order valence-electron chi connectivity index (χ4n) is 1.64. The standard InChI is InChI=1S/C13H19NO2S/c1-10(2)9-14(3)13(15)11-5-7-12(8-6-11)17(4)16/h5-8,10H,9H2,1-4H3. The molecule has 0 aromatic heterocycles. The van der Waals surface area contributed by atoms with Crippen LogP contribution in [0.15, 0.2) is 29.2 Å². The van der Waals surface area contributed by atoms with Crippen molar-refractivity contribution >= 4 is 16.7 Å². The molecule has 1 aromatic carbocycles. The van der Waals surface area contributed by atoms with Crippen molar-refractivity contribution in [2.24, 2.45) is 5.92 Å². The number of amides is 1. The Hall–Kier alpha value is -1.16. The first-order chi connectivity index (χ1) is 7.91. The number of hydrogen-bond acceptors (Lipinski definition) is 2. The van der Waals surface area contributed by atoms with E-state index in [4.69, 9.17) is 0 Å². The number of rotatable bonds is 4. The average molecular weight is 253 g/mol. The molecule has 0 N–H and O–H groups in total. The zero-order valence-corrected chi connectivity index (χ0v) is 11.6. The predicted molar refractivity (Wildman–Crippen MR) is 70.6 cm³/mol. The van der Waals surface area contributed by atoms with Crippen molar-refractivity contribution in [3.8, 4) is 0 Å². The van der Waals surface area contributed by atoms with Crippen molar-refractivity contribution in [3.05, 3.63) is 29.8 Å². The summed E-state index contributed by atoms with van der Waals surface area (Å²) in [7, 11) is 0.805. The van der Waals surface area contributed by atoms with Crippen LogP contribution in [0, 0.1) is 5.92 Å². The third-order valence-corrected chi connectivity index (χ3v) is 3.35. The SMILES string of the molecule is CC(C)CN(C)C(=O)c1ccc(S(C)=O)cc1. The molecule has 3 nitrogen and oxygen atoms in total. The topological polar surface area (TPSA) is 37.4 Å². The van der Waals surface area contributed by atoms with Gasteiger partial charge in [0.15, 0.2) is 0 Å². The third kappa shape index (κ3) is 3.97. The maximum Gasteiger partial charge on any atom is 0.253 e. The van der Waals surface area contributed by atoms with Gasteiger partial charge in [-0.25, -0.2) is 0 Å². The molecule has 0 aliphatic heterocycles. The van der Waals surface area contributed by atoms with E-state index in [1.165, 1.54) is 0 Å². The Balaban J connectivity index is 2.79. The normalized spacial score (nSPS) is 12.5. The Bertz CT molecular complexity index is 412. The highest BCUT2D eigenvalue weighted by Crippen LogP contribution is 2.10. The summed E-state index contributed by atoms with van der Waals surface area (Å²) in [5.41, 5.74) is 0.641. The lowest BCUT2D eigenvalue weighted by Crippen LogP contribution is -2.30. The maximum absolute atomic E-state index is 12.0. The van der Waals surface area contributed by atoms with Gasteiger partial charge in [-0.15, -0.1) is 0 Å². The van der Waals surface area contributed by atoms with E-state index >= 15 is 0 Å². The third-order valence-electron chi connectivity index (χ3n) is 2.42. The molecule has 4 heteroatoms. The number of nitrogens with zero attached hydrogens (tertiary/aromatic N) is 1. The minimum atomic E-state index is -0.995. The van der Waals surface area contributed by atoms with Crippen molar-refractivity contribution in [3.63, 3.8) is 0 Å². The molecule has 1 rings (SSSR count). The Morgan fingerprint density at radius 3 is 2.24 bits per heavy atom. The quantitative estimate of drug-likeness (QED) is 0.824. The minimum Gasteiger partial charge on any atom is -0.341 e. The summed E-state index contributed by atoms with van der Waals surface area (Å²) in [5, 5.41) is 0. The summed E-state index contributed by atoms with van der Waals surface area (Å²) >= 11 is 0. The van der Waals surface area contributed by atoms with Crippen molar-refractivity contribution < 1.29 is 9.00 Å². The van der Waals surface area contributed by atoms with E-state index < -0.39 is 10.8 Å². The molecule has 0 saturated heterocycles. The van der Waals surface area contributed by atoms with Crippen LogP contribution < -0.4 is 0 Å². The Labute approximate surface area is 105 Å². The summed E-state index contributed by atoms with van der Waals surface area (Å²) in [6.07, 6.45) is 1.63. The molecule has 1 unspecified atom stereocenters. The van der Waals surface area contributed by atoms with Crippen LogP contribution >= 0.6 is 0 Å². The van der Waals surface area contributed by atoms with E-state index in [-0.39, 0.29) is 5.91 Å². The molecule has 0 saturated carbocycles. The first kappa shape index (κ1) is 13.9. The highest BCUT2D eigenvalue weighted by molar-refractivity contribution is 7.84. The van der Waals surface area contributed by atoms with Crippen LogP contribution in [-0.4, -0.2) is 34.9 Å². The van der Waals surface area contributed by atoms with Gasteiger partial charge in [0.25, 0.3) is 5.91 Å². The summed E-state index contributed by atoms with van der Waals surface area (Å²) in [6, 6.07) is 6.95. The largest absolute Gasteiger partial charge is 0.341 e. The number of carbonyl (C=O) groups excluding carboxylic acids is 1. The fraction of sp³-hybridized carbons (Fsp3) is 0.462. The van der Waals surface area contributed by atoms with Crippen LogP contribution in [0.1, 0.15) is 24.2 Å². The van der Waals surface area contributed by atoms with Crippen LogP contribution in [0.5, 0.6) is 0 Å². The van der Waals surface area contributed by atoms with Gasteiger partial charge in [-0.3, -0.25) is 9.00 Å². The summed E-state index contributed by atoms with van der Waals surface area (Å²) in [6.45, 7) is 4.89. The van der Waals surface area contributed by atoms with Crippen molar-refractivity contribution in [1.29, 1.82) is 0 Å². The van der Waals surface area contributed by atoms with Crippen LogP contribution in [0.3, 0.4) is 0 Å². The summed E-state index contributed by atoms with van der Waals surface area (Å²) < 4.78 is 11.2. The monoisotopic (exact) mass is 253 g/mol. The molecule has 0 aliphatic rings. The van der Waals surface area contributed by atoms with E-state index in [9.17, 15) is 9.00 Å². The van der Waals surface area contributed by atoms with Gasteiger partial charge in [0.05, 0.1) is 0 Å². The molecule has 1 atom stereocenters. The molecule has 0 fully saturated rings. The van der Waals surface area contributed by atoms with Gasteiger partial charge in [0.1, 0.15) is 0 Å². The number of carbonyl (C=O) groups is 1. The zero-order valence-electron chi connectivity index (χ0n) is 10.8. The summed E-state index contributed by atoms with van der Waals surface area (Å²) in [4.78, 5) is 14.5. The van der Waals surface area contributed by atoms with E-state index in [0.29, 0.717) is 11.5 Å². The predicted octanol–water partition coefficient (Wildman–Crippen LogP) is 2.15. The molecule has 0 heterocycles. The molecule has 0 spiro atoms. The second kappa shape index (κ2) is 5.96. The van der Waals surface area contributed by atoms with Gasteiger partial charge in [-0.05, 0) is 30.2 Å². The van der Waals surface area contributed by atoms with Crippen LogP contribution in [0.25, 0.3) is 0 Å². The van der Waals surface area contributed by atoms with E-state index in [1.807, 2.05) is 0 Å². The van der Waals surface area contributed by atoms with Gasteiger partial charge in [-0.2, -0.15) is 0 Å². The minimum absolute atomic E-state index is 0.00661. The second-order valence-corrected chi connectivity index (χ2v) is 5.94. The molecule has 0 aliphatic carbocycles. The van der Waals surface area contributed by atoms with Crippen molar-refractivity contribution in [2.45, 2.75) is 18.7 Å². The first-order valence-corrected chi connectivity index (χ1v) is 7.16. The highest BCUT2D eigenvalue weighted by Gasteiger charge is 2.12. The lowest BCUT2D eigenvalue weighted by Gasteiger charge is -2.19. The second-order valence-electron chi connectivity index (χ2n) is 4.56. The Morgan fingerprint density at radius 1 is 1.29 bits per heavy atom. The van der Waals surface area contributed by atoms with Crippen molar-refractivity contribution in [2.75, 3.05) is 19.8 Å².